The highest BCUT2D eigenvalue weighted by molar-refractivity contribution is 6.80. The maximum Gasteiger partial charge on any atom is 0.0808 e. The summed E-state index contributed by atoms with van der Waals surface area (Å²) in [5, 5.41) is 9.18. The first kappa shape index (κ1) is 13.6. The van der Waals surface area contributed by atoms with E-state index in [0.717, 1.165) is 0 Å². The summed E-state index contributed by atoms with van der Waals surface area (Å²) in [5.41, 5.74) is 0. The first-order valence-corrected chi connectivity index (χ1v) is 12.2. The first-order valence-electron chi connectivity index (χ1n) is 7.15. The van der Waals surface area contributed by atoms with Crippen molar-refractivity contribution in [3.05, 3.63) is 48.5 Å². The number of fused-ring (bicyclic) bond motifs is 2. The maximum absolute atomic E-state index is 2.41. The number of hydrogen-bond acceptors (Lipinski definition) is 0. The average Bonchev–Trinajstić information content (AvgIpc) is 2.43. The van der Waals surface area contributed by atoms with Gasteiger partial charge in [0.05, 0.1) is 17.6 Å². The van der Waals surface area contributed by atoms with E-state index in [-0.39, 0.29) is 0 Å². The number of benzene rings is 3. The summed E-state index contributed by atoms with van der Waals surface area (Å²) >= 11 is 0. The van der Waals surface area contributed by atoms with Gasteiger partial charge >= 0.3 is 0 Å². The largest absolute Gasteiger partial charge is 0.0808 e. The predicted molar refractivity (Wildman–Crippen MR) is 95.7 cm³/mol. The lowest BCUT2D eigenvalue weighted by atomic mass is 10.0. The molecule has 0 saturated carbocycles. The van der Waals surface area contributed by atoms with E-state index in [2.05, 4.69) is 74.7 Å². The van der Waals surface area contributed by atoms with Crippen molar-refractivity contribution in [3.8, 4) is 0 Å². The third-order valence-electron chi connectivity index (χ3n) is 3.93. The zero-order valence-electron chi connectivity index (χ0n) is 12.6. The van der Waals surface area contributed by atoms with Crippen LogP contribution in [0.3, 0.4) is 0 Å². The van der Waals surface area contributed by atoms with Gasteiger partial charge < -0.3 is 0 Å². The van der Waals surface area contributed by atoms with Gasteiger partial charge in [-0.15, -0.1) is 0 Å². The molecule has 0 fully saturated rings. The number of rotatable bonds is 2. The molecule has 0 aliphatic rings. The van der Waals surface area contributed by atoms with E-state index < -0.39 is 17.6 Å². The molecule has 0 bridgehead atoms. The van der Waals surface area contributed by atoms with E-state index >= 15 is 0 Å². The van der Waals surface area contributed by atoms with Gasteiger partial charge in [-0.25, -0.2) is 0 Å². The Hall–Kier alpha value is -1.39. The van der Waals surface area contributed by atoms with E-state index in [1.165, 1.54) is 21.5 Å². The van der Waals surface area contributed by atoms with Crippen LogP contribution in [0.5, 0.6) is 0 Å². The lowest BCUT2D eigenvalue weighted by Crippen LogP contribution is -2.32. The molecule has 100 valence electrons. The highest BCUT2D eigenvalue weighted by Gasteiger charge is 2.17. The van der Waals surface area contributed by atoms with Crippen LogP contribution in [-0.2, 0) is 0 Å². The van der Waals surface area contributed by atoms with Crippen molar-refractivity contribution in [2.45, 2.75) is 26.2 Å². The van der Waals surface area contributed by atoms with Gasteiger partial charge in [0, 0.05) is 0 Å². The third kappa shape index (κ3) is 2.03. The second kappa shape index (κ2) is 5.19. The Kier molecular flexibility index (Phi) is 3.52. The Balaban J connectivity index is 2.62. The lowest BCUT2D eigenvalue weighted by Gasteiger charge is -2.19. The first-order chi connectivity index (χ1) is 9.61. The minimum Gasteiger partial charge on any atom is -0.0670 e. The molecule has 0 saturated heterocycles. The van der Waals surface area contributed by atoms with E-state index in [1.807, 2.05) is 0 Å². The third-order valence-corrected chi connectivity index (χ3v) is 7.01. The molecule has 0 N–H and O–H groups in total. The molecule has 3 aromatic rings. The molecule has 0 aliphatic carbocycles. The molecule has 3 rings (SSSR count). The fraction of sp³-hybridized carbons (Fsp3) is 0.222. The second-order valence-corrected chi connectivity index (χ2v) is 10.8. The summed E-state index contributed by atoms with van der Waals surface area (Å²) in [6, 6.07) is 18.0. The van der Waals surface area contributed by atoms with Gasteiger partial charge in [0.2, 0.25) is 0 Å². The quantitative estimate of drug-likeness (QED) is 0.496. The van der Waals surface area contributed by atoms with Crippen LogP contribution < -0.4 is 10.4 Å². The predicted octanol–water partition coefficient (Wildman–Crippen LogP) is 3.92. The summed E-state index contributed by atoms with van der Waals surface area (Å²) in [5.74, 6) is 0. The Morgan fingerprint density at radius 1 is 0.500 bits per heavy atom. The van der Waals surface area contributed by atoms with Crippen molar-refractivity contribution in [1.82, 2.24) is 0 Å². The summed E-state index contributed by atoms with van der Waals surface area (Å²) in [6.45, 7) is 9.62. The monoisotopic (exact) mass is 292 g/mol. The van der Waals surface area contributed by atoms with Crippen LogP contribution in [0.1, 0.15) is 0 Å². The second-order valence-electron chi connectivity index (χ2n) is 5.84. The highest BCUT2D eigenvalue weighted by Crippen LogP contribution is 2.21. The van der Waals surface area contributed by atoms with Crippen LogP contribution in [0.15, 0.2) is 48.5 Å². The maximum atomic E-state index is 2.41. The molecule has 0 unspecified atom stereocenters. The average molecular weight is 293 g/mol. The normalized spacial score (nSPS) is 11.9. The zero-order valence-corrected chi connectivity index (χ0v) is 14.6. The molecule has 2 heteroatoms. The van der Waals surface area contributed by atoms with E-state index in [4.69, 9.17) is 0 Å². The number of hydrogen-bond donors (Lipinski definition) is 0. The van der Waals surface area contributed by atoms with Crippen LogP contribution in [0, 0.1) is 0 Å². The Morgan fingerprint density at radius 3 is 0.950 bits per heavy atom. The summed E-state index contributed by atoms with van der Waals surface area (Å²) in [6.07, 6.45) is 0. The highest BCUT2D eigenvalue weighted by atomic mass is 28.3. The van der Waals surface area contributed by atoms with Gasteiger partial charge in [-0.1, -0.05) is 74.7 Å². The van der Waals surface area contributed by atoms with E-state index in [1.54, 1.807) is 10.4 Å². The van der Waals surface area contributed by atoms with Gasteiger partial charge in [-0.3, -0.25) is 0 Å². The smallest absolute Gasteiger partial charge is 0.0670 e. The summed E-state index contributed by atoms with van der Waals surface area (Å²) in [4.78, 5) is 0. The molecule has 0 aliphatic heterocycles. The van der Waals surface area contributed by atoms with Crippen molar-refractivity contribution < 1.29 is 0 Å². The molecule has 0 heterocycles. The van der Waals surface area contributed by atoms with Gasteiger partial charge in [0.1, 0.15) is 0 Å². The van der Waals surface area contributed by atoms with Crippen molar-refractivity contribution in [2.24, 2.45) is 0 Å². The SMILES string of the molecule is C[Si](C)c1c2ccccc2c([Si](C)C)c2ccccc12. The van der Waals surface area contributed by atoms with Gasteiger partial charge in [-0.05, 0) is 31.9 Å². The van der Waals surface area contributed by atoms with Crippen molar-refractivity contribution in [2.75, 3.05) is 0 Å². The summed E-state index contributed by atoms with van der Waals surface area (Å²) in [7, 11) is -0.985. The van der Waals surface area contributed by atoms with Crippen LogP contribution >= 0.6 is 0 Å². The zero-order chi connectivity index (χ0) is 14.3. The van der Waals surface area contributed by atoms with Gasteiger partial charge in [-0.2, -0.15) is 0 Å². The Morgan fingerprint density at radius 2 is 0.750 bits per heavy atom. The van der Waals surface area contributed by atoms with Crippen LogP contribution in [0.25, 0.3) is 21.5 Å². The van der Waals surface area contributed by atoms with Crippen molar-refractivity contribution in [1.29, 1.82) is 0 Å². The molecule has 0 nitrogen and oxygen atoms in total. The molecule has 3 aromatic carbocycles. The van der Waals surface area contributed by atoms with E-state index in [9.17, 15) is 0 Å². The molecular weight excluding hydrogens is 272 g/mol. The molecule has 0 amide bonds. The Labute approximate surface area is 124 Å². The van der Waals surface area contributed by atoms with Crippen molar-refractivity contribution in [3.63, 3.8) is 0 Å². The molecular formula is C18H20Si2. The minimum atomic E-state index is -0.493. The summed E-state index contributed by atoms with van der Waals surface area (Å²) < 4.78 is 0. The lowest BCUT2D eigenvalue weighted by molar-refractivity contribution is 1.78. The standard InChI is InChI=1S/C18H20Si2/c1-19(2)17-13-9-5-7-11-15(13)18(20(3)4)16-12-8-6-10-14(16)17/h5-12H,1-4H3. The molecule has 0 atom stereocenters. The Bertz CT molecular complexity index is 650. The van der Waals surface area contributed by atoms with Crippen LogP contribution in [0.2, 0.25) is 26.2 Å². The topological polar surface area (TPSA) is 0 Å². The molecule has 20 heavy (non-hydrogen) atoms. The minimum absolute atomic E-state index is 0.493. The van der Waals surface area contributed by atoms with Crippen LogP contribution in [0.4, 0.5) is 0 Å². The molecule has 2 radical (unpaired) electrons. The van der Waals surface area contributed by atoms with Gasteiger partial charge in [0.15, 0.2) is 0 Å². The fourth-order valence-electron chi connectivity index (χ4n) is 3.21. The van der Waals surface area contributed by atoms with Crippen molar-refractivity contribution >= 4 is 49.5 Å². The molecule has 0 spiro atoms. The fourth-order valence-corrected chi connectivity index (χ4v) is 6.23. The molecule has 0 aromatic heterocycles. The van der Waals surface area contributed by atoms with E-state index in [0.29, 0.717) is 0 Å². The van der Waals surface area contributed by atoms with Gasteiger partial charge in [0.25, 0.3) is 0 Å². The van der Waals surface area contributed by atoms with Crippen LogP contribution in [-0.4, -0.2) is 17.6 Å².